The Balaban J connectivity index is -0.000000270. The van der Waals surface area contributed by atoms with E-state index in [0.717, 1.165) is 18.6 Å². The summed E-state index contributed by atoms with van der Waals surface area (Å²) in [5, 5.41) is 0. The van der Waals surface area contributed by atoms with E-state index in [2.05, 4.69) is 0 Å². The molecular formula is C8H16MgO. The quantitative estimate of drug-likeness (QED) is 0.437. The molecule has 0 unspecified atom stereocenters. The van der Waals surface area contributed by atoms with Crippen molar-refractivity contribution >= 4 is 29.3 Å². The number of hydrogen-bond acceptors (Lipinski definition) is 1. The van der Waals surface area contributed by atoms with E-state index in [1.165, 1.54) is 32.1 Å². The molecule has 0 aromatic rings. The largest absolute Gasteiger partial charge is 2.00 e. The Morgan fingerprint density at radius 1 is 1.30 bits per heavy atom. The summed E-state index contributed by atoms with van der Waals surface area (Å²) in [6.45, 7) is 0. The molecule has 0 saturated heterocycles. The number of rotatable bonds is 2. The fraction of sp³-hybridized carbons (Fsp3) is 0.875. The van der Waals surface area contributed by atoms with Gasteiger partial charge in [-0.2, -0.15) is 0 Å². The van der Waals surface area contributed by atoms with Crippen molar-refractivity contribution in [1.82, 2.24) is 0 Å². The minimum Gasteiger partial charge on any atom is -1.00 e. The second-order valence-corrected chi connectivity index (χ2v) is 2.91. The van der Waals surface area contributed by atoms with E-state index < -0.39 is 0 Å². The summed E-state index contributed by atoms with van der Waals surface area (Å²) in [6.07, 6.45) is 8.53. The molecule has 0 N–H and O–H groups in total. The molecule has 0 aliphatic heterocycles. The standard InChI is InChI=1S/C8H14O.Mg.2H/c9-7-6-8-4-2-1-3-5-8;;;/h7-8H,1-6H2;;;/q;+2;2*-1. The summed E-state index contributed by atoms with van der Waals surface area (Å²) in [6, 6.07) is 0. The summed E-state index contributed by atoms with van der Waals surface area (Å²) in [5.74, 6) is 0.733. The first kappa shape index (κ1) is 10.4. The fourth-order valence-electron chi connectivity index (χ4n) is 1.56. The van der Waals surface area contributed by atoms with Crippen LogP contribution in [0.4, 0.5) is 0 Å². The van der Waals surface area contributed by atoms with Crippen molar-refractivity contribution in [2.24, 2.45) is 5.92 Å². The zero-order chi connectivity index (χ0) is 6.53. The fourth-order valence-corrected chi connectivity index (χ4v) is 1.56. The average molecular weight is 153 g/mol. The van der Waals surface area contributed by atoms with Crippen LogP contribution in [0.3, 0.4) is 0 Å². The summed E-state index contributed by atoms with van der Waals surface area (Å²) in [7, 11) is 0. The van der Waals surface area contributed by atoms with Crippen LogP contribution in [0.25, 0.3) is 0 Å². The molecule has 0 heterocycles. The molecule has 1 aliphatic rings. The molecule has 0 bridgehead atoms. The van der Waals surface area contributed by atoms with E-state index in [-0.39, 0.29) is 25.9 Å². The number of aldehydes is 1. The number of carbonyl (C=O) groups is 1. The molecule has 0 radical (unpaired) electrons. The molecule has 0 atom stereocenters. The second kappa shape index (κ2) is 6.17. The van der Waals surface area contributed by atoms with Crippen molar-refractivity contribution in [2.45, 2.75) is 38.5 Å². The Bertz CT molecular complexity index is 95.1. The van der Waals surface area contributed by atoms with E-state index in [1.54, 1.807) is 0 Å². The summed E-state index contributed by atoms with van der Waals surface area (Å²) < 4.78 is 0. The zero-order valence-corrected chi connectivity index (χ0v) is 7.93. The van der Waals surface area contributed by atoms with Gasteiger partial charge >= 0.3 is 23.1 Å². The topological polar surface area (TPSA) is 17.1 Å². The van der Waals surface area contributed by atoms with Gasteiger partial charge in [-0.05, 0) is 5.92 Å². The second-order valence-electron chi connectivity index (χ2n) is 2.91. The van der Waals surface area contributed by atoms with Gasteiger partial charge < -0.3 is 7.65 Å². The molecule has 1 fully saturated rings. The van der Waals surface area contributed by atoms with Crippen molar-refractivity contribution in [3.05, 3.63) is 0 Å². The first-order valence-corrected chi connectivity index (χ1v) is 3.87. The van der Waals surface area contributed by atoms with Crippen LogP contribution >= 0.6 is 0 Å². The van der Waals surface area contributed by atoms with Crippen molar-refractivity contribution < 1.29 is 7.65 Å². The summed E-state index contributed by atoms with van der Waals surface area (Å²) in [5.41, 5.74) is 0. The summed E-state index contributed by atoms with van der Waals surface area (Å²) >= 11 is 0. The third-order valence-corrected chi connectivity index (χ3v) is 2.15. The zero-order valence-electron chi connectivity index (χ0n) is 8.51. The third-order valence-electron chi connectivity index (χ3n) is 2.15. The Morgan fingerprint density at radius 2 is 1.90 bits per heavy atom. The van der Waals surface area contributed by atoms with Crippen molar-refractivity contribution in [3.63, 3.8) is 0 Å². The normalized spacial score (nSPS) is 19.6. The maximum Gasteiger partial charge on any atom is 2.00 e. The van der Waals surface area contributed by atoms with Gasteiger partial charge in [0.2, 0.25) is 0 Å². The van der Waals surface area contributed by atoms with Gasteiger partial charge in [0.25, 0.3) is 0 Å². The molecule has 1 aliphatic carbocycles. The van der Waals surface area contributed by atoms with E-state index in [1.807, 2.05) is 0 Å². The molecule has 2 heteroatoms. The van der Waals surface area contributed by atoms with Crippen LogP contribution in [0.1, 0.15) is 41.4 Å². The van der Waals surface area contributed by atoms with Gasteiger partial charge in [-0.25, -0.2) is 0 Å². The smallest absolute Gasteiger partial charge is 1.00 e. The molecule has 0 amide bonds. The molecule has 1 saturated carbocycles. The maximum atomic E-state index is 10.1. The van der Waals surface area contributed by atoms with Gasteiger partial charge in [-0.3, -0.25) is 0 Å². The molecular weight excluding hydrogens is 136 g/mol. The molecule has 0 spiro atoms. The monoisotopic (exact) mass is 152 g/mol. The average Bonchev–Trinajstić information content (AvgIpc) is 1.91. The Kier molecular flexibility index (Phi) is 6.44. The molecule has 1 nitrogen and oxygen atoms in total. The van der Waals surface area contributed by atoms with Gasteiger partial charge in [0, 0.05) is 6.42 Å². The molecule has 10 heavy (non-hydrogen) atoms. The van der Waals surface area contributed by atoms with Crippen LogP contribution in [0, 0.1) is 5.92 Å². The molecule has 1 rings (SSSR count). The van der Waals surface area contributed by atoms with Crippen LogP contribution in [0.2, 0.25) is 0 Å². The van der Waals surface area contributed by atoms with Gasteiger partial charge in [0.05, 0.1) is 0 Å². The predicted octanol–water partition coefficient (Wildman–Crippen LogP) is 2.00. The van der Waals surface area contributed by atoms with E-state index in [4.69, 9.17) is 0 Å². The van der Waals surface area contributed by atoms with Crippen LogP contribution < -0.4 is 0 Å². The van der Waals surface area contributed by atoms with Crippen LogP contribution in [-0.4, -0.2) is 29.3 Å². The van der Waals surface area contributed by atoms with Crippen molar-refractivity contribution in [3.8, 4) is 0 Å². The predicted molar refractivity (Wildman–Crippen MR) is 45.2 cm³/mol. The maximum absolute atomic E-state index is 10.1. The minimum absolute atomic E-state index is 0. The van der Waals surface area contributed by atoms with Crippen LogP contribution in [-0.2, 0) is 4.79 Å². The van der Waals surface area contributed by atoms with Gasteiger partial charge in [0.1, 0.15) is 6.29 Å². The van der Waals surface area contributed by atoms with Crippen molar-refractivity contribution in [2.75, 3.05) is 0 Å². The third kappa shape index (κ3) is 3.57. The SMILES string of the molecule is O=CCC1CCCCC1.[H-].[H-].[Mg+2]. The van der Waals surface area contributed by atoms with E-state index in [9.17, 15) is 4.79 Å². The molecule has 0 aromatic carbocycles. The molecule has 0 aromatic heterocycles. The number of carbonyl (C=O) groups excluding carboxylic acids is 1. The Labute approximate surface area is 81.7 Å². The van der Waals surface area contributed by atoms with Gasteiger partial charge in [0.15, 0.2) is 0 Å². The van der Waals surface area contributed by atoms with E-state index in [0.29, 0.717) is 0 Å². The molecule has 56 valence electrons. The first-order chi connectivity index (χ1) is 4.43. The number of hydrogen-bond donors (Lipinski definition) is 0. The minimum atomic E-state index is 0. The van der Waals surface area contributed by atoms with Crippen molar-refractivity contribution in [1.29, 1.82) is 0 Å². The van der Waals surface area contributed by atoms with Gasteiger partial charge in [-0.15, -0.1) is 0 Å². The first-order valence-electron chi connectivity index (χ1n) is 3.87. The van der Waals surface area contributed by atoms with Gasteiger partial charge in [-0.1, -0.05) is 32.1 Å². The Hall–Kier alpha value is 0.436. The van der Waals surface area contributed by atoms with Crippen LogP contribution in [0.5, 0.6) is 0 Å². The summed E-state index contributed by atoms with van der Waals surface area (Å²) in [4.78, 5) is 10.1. The van der Waals surface area contributed by atoms with Crippen LogP contribution in [0.15, 0.2) is 0 Å². The van der Waals surface area contributed by atoms with E-state index >= 15 is 0 Å². The Morgan fingerprint density at radius 3 is 2.40 bits per heavy atom.